The Morgan fingerprint density at radius 3 is 2.94 bits per heavy atom. The predicted octanol–water partition coefficient (Wildman–Crippen LogP) is 3.48. The predicted molar refractivity (Wildman–Crippen MR) is 74.6 cm³/mol. The summed E-state index contributed by atoms with van der Waals surface area (Å²) in [6, 6.07) is 9.54. The molecule has 2 heteroatoms. The maximum absolute atomic E-state index is 3.71. The van der Waals surface area contributed by atoms with Gasteiger partial charge < -0.3 is 5.32 Å². The number of rotatable bonds is 5. The second kappa shape index (κ2) is 5.03. The van der Waals surface area contributed by atoms with Crippen LogP contribution < -0.4 is 5.32 Å². The Morgan fingerprint density at radius 1 is 1.35 bits per heavy atom. The lowest BCUT2D eigenvalue weighted by Crippen LogP contribution is -2.32. The van der Waals surface area contributed by atoms with Gasteiger partial charge in [-0.2, -0.15) is 0 Å². The first kappa shape index (κ1) is 11.6. The highest BCUT2D eigenvalue weighted by atomic mass is 32.2. The maximum Gasteiger partial charge on any atom is 0.0260 e. The maximum atomic E-state index is 3.71. The third kappa shape index (κ3) is 3.05. The van der Waals surface area contributed by atoms with Gasteiger partial charge in [-0.25, -0.2) is 0 Å². The standard InChI is InChI=1S/C15H21NS/c1-11(8-12-6-7-12)16-10-14-9-13-4-2-3-5-15(13)17-14/h2-5,11-12,14,16H,6-10H2,1H3. The molecule has 1 heterocycles. The number of thioether (sulfide) groups is 1. The van der Waals surface area contributed by atoms with E-state index in [1.54, 1.807) is 5.56 Å². The second-order valence-corrected chi connectivity index (χ2v) is 6.88. The van der Waals surface area contributed by atoms with Crippen molar-refractivity contribution in [2.24, 2.45) is 5.92 Å². The summed E-state index contributed by atoms with van der Waals surface area (Å²) in [6.45, 7) is 3.50. The Morgan fingerprint density at radius 2 is 2.18 bits per heavy atom. The Labute approximate surface area is 108 Å². The Balaban J connectivity index is 1.45. The van der Waals surface area contributed by atoms with Crippen LogP contribution in [0.4, 0.5) is 0 Å². The third-order valence-electron chi connectivity index (χ3n) is 3.79. The minimum atomic E-state index is 0.701. The summed E-state index contributed by atoms with van der Waals surface area (Å²) in [5.41, 5.74) is 1.54. The summed E-state index contributed by atoms with van der Waals surface area (Å²) in [5.74, 6) is 1.03. The van der Waals surface area contributed by atoms with Crippen molar-refractivity contribution >= 4 is 11.8 Å². The fourth-order valence-corrected chi connectivity index (χ4v) is 3.90. The molecule has 0 bridgehead atoms. The highest BCUT2D eigenvalue weighted by Crippen LogP contribution is 2.37. The molecular formula is C15H21NS. The Hall–Kier alpha value is -0.470. The summed E-state index contributed by atoms with van der Waals surface area (Å²) < 4.78 is 0. The molecule has 1 aliphatic carbocycles. The molecule has 0 saturated heterocycles. The van der Waals surface area contributed by atoms with Gasteiger partial charge in [-0.3, -0.25) is 0 Å². The highest BCUT2D eigenvalue weighted by Gasteiger charge is 2.25. The van der Waals surface area contributed by atoms with E-state index in [1.807, 2.05) is 0 Å². The van der Waals surface area contributed by atoms with Gasteiger partial charge in [-0.1, -0.05) is 31.0 Å². The Kier molecular flexibility index (Phi) is 3.44. The third-order valence-corrected chi connectivity index (χ3v) is 5.11. The molecule has 1 N–H and O–H groups in total. The molecule has 2 aliphatic rings. The largest absolute Gasteiger partial charge is 0.313 e. The van der Waals surface area contributed by atoms with Crippen molar-refractivity contribution in [3.63, 3.8) is 0 Å². The number of benzene rings is 1. The molecule has 1 fully saturated rings. The van der Waals surface area contributed by atoms with Crippen LogP contribution in [-0.4, -0.2) is 17.8 Å². The minimum Gasteiger partial charge on any atom is -0.313 e. The molecule has 1 aliphatic heterocycles. The zero-order valence-corrected chi connectivity index (χ0v) is 11.3. The van der Waals surface area contributed by atoms with E-state index in [-0.39, 0.29) is 0 Å². The summed E-state index contributed by atoms with van der Waals surface area (Å²) >= 11 is 2.05. The van der Waals surface area contributed by atoms with E-state index in [1.165, 1.54) is 30.6 Å². The lowest BCUT2D eigenvalue weighted by Gasteiger charge is -2.16. The molecular weight excluding hydrogens is 226 g/mol. The quantitative estimate of drug-likeness (QED) is 0.855. The monoisotopic (exact) mass is 247 g/mol. The SMILES string of the molecule is CC(CC1CC1)NCC1Cc2ccccc2S1. The summed E-state index contributed by atoms with van der Waals surface area (Å²) in [4.78, 5) is 1.49. The minimum absolute atomic E-state index is 0.701. The van der Waals surface area contributed by atoms with Gasteiger partial charge in [0.1, 0.15) is 0 Å². The number of hydrogen-bond acceptors (Lipinski definition) is 2. The van der Waals surface area contributed by atoms with Crippen LogP contribution in [0.25, 0.3) is 0 Å². The van der Waals surface area contributed by atoms with Crippen LogP contribution in [0.2, 0.25) is 0 Å². The summed E-state index contributed by atoms with van der Waals surface area (Å²) in [5, 5.41) is 4.45. The fourth-order valence-electron chi connectivity index (χ4n) is 2.64. The molecule has 2 unspecified atom stereocenters. The lowest BCUT2D eigenvalue weighted by atomic mass is 10.1. The molecule has 17 heavy (non-hydrogen) atoms. The second-order valence-electron chi connectivity index (χ2n) is 5.54. The van der Waals surface area contributed by atoms with Crippen molar-refractivity contribution in [2.45, 2.75) is 48.8 Å². The van der Waals surface area contributed by atoms with Crippen molar-refractivity contribution < 1.29 is 0 Å². The number of hydrogen-bond donors (Lipinski definition) is 1. The van der Waals surface area contributed by atoms with Crippen LogP contribution in [0.1, 0.15) is 31.7 Å². The first-order valence-electron chi connectivity index (χ1n) is 6.79. The van der Waals surface area contributed by atoms with Crippen molar-refractivity contribution in [3.05, 3.63) is 29.8 Å². The molecule has 2 atom stereocenters. The van der Waals surface area contributed by atoms with E-state index in [2.05, 4.69) is 48.3 Å². The average molecular weight is 247 g/mol. The molecule has 0 spiro atoms. The zero-order valence-electron chi connectivity index (χ0n) is 10.5. The lowest BCUT2D eigenvalue weighted by molar-refractivity contribution is 0.487. The summed E-state index contributed by atoms with van der Waals surface area (Å²) in [7, 11) is 0. The first-order valence-corrected chi connectivity index (χ1v) is 7.67. The molecule has 1 saturated carbocycles. The van der Waals surface area contributed by atoms with Gasteiger partial charge in [0.15, 0.2) is 0 Å². The van der Waals surface area contributed by atoms with Crippen LogP contribution in [0, 0.1) is 5.92 Å². The van der Waals surface area contributed by atoms with Gasteiger partial charge >= 0.3 is 0 Å². The molecule has 3 rings (SSSR count). The Bertz CT molecular complexity index is 361. The van der Waals surface area contributed by atoms with E-state index < -0.39 is 0 Å². The van der Waals surface area contributed by atoms with E-state index >= 15 is 0 Å². The topological polar surface area (TPSA) is 12.0 Å². The fraction of sp³-hybridized carbons (Fsp3) is 0.600. The van der Waals surface area contributed by atoms with Crippen molar-refractivity contribution in [1.82, 2.24) is 5.32 Å². The van der Waals surface area contributed by atoms with E-state index in [0.29, 0.717) is 6.04 Å². The van der Waals surface area contributed by atoms with Gasteiger partial charge in [-0.05, 0) is 37.3 Å². The molecule has 1 nitrogen and oxygen atoms in total. The van der Waals surface area contributed by atoms with Gasteiger partial charge in [0.25, 0.3) is 0 Å². The molecule has 0 radical (unpaired) electrons. The van der Waals surface area contributed by atoms with Crippen LogP contribution >= 0.6 is 11.8 Å². The van der Waals surface area contributed by atoms with E-state index in [0.717, 1.165) is 17.7 Å². The van der Waals surface area contributed by atoms with Crippen molar-refractivity contribution in [2.75, 3.05) is 6.54 Å². The molecule has 0 amide bonds. The van der Waals surface area contributed by atoms with Gasteiger partial charge in [0.2, 0.25) is 0 Å². The van der Waals surface area contributed by atoms with E-state index in [9.17, 15) is 0 Å². The van der Waals surface area contributed by atoms with Gasteiger partial charge in [-0.15, -0.1) is 11.8 Å². The van der Waals surface area contributed by atoms with Crippen LogP contribution in [0.15, 0.2) is 29.2 Å². The zero-order chi connectivity index (χ0) is 11.7. The highest BCUT2D eigenvalue weighted by molar-refractivity contribution is 8.00. The van der Waals surface area contributed by atoms with Gasteiger partial charge in [0, 0.05) is 22.7 Å². The van der Waals surface area contributed by atoms with E-state index in [4.69, 9.17) is 0 Å². The summed E-state index contributed by atoms with van der Waals surface area (Å²) in [6.07, 6.45) is 5.56. The molecule has 1 aromatic rings. The average Bonchev–Trinajstić information content (AvgIpc) is 3.03. The normalized spacial score (nSPS) is 24.6. The number of nitrogens with one attached hydrogen (secondary N) is 1. The molecule has 1 aromatic carbocycles. The van der Waals surface area contributed by atoms with Crippen molar-refractivity contribution in [1.29, 1.82) is 0 Å². The number of fused-ring (bicyclic) bond motifs is 1. The molecule has 92 valence electrons. The first-order chi connectivity index (χ1) is 8.31. The van der Waals surface area contributed by atoms with Gasteiger partial charge in [0.05, 0.1) is 0 Å². The molecule has 0 aromatic heterocycles. The van der Waals surface area contributed by atoms with Crippen molar-refractivity contribution in [3.8, 4) is 0 Å². The van der Waals surface area contributed by atoms with Crippen LogP contribution in [0.5, 0.6) is 0 Å². The van der Waals surface area contributed by atoms with Crippen LogP contribution in [0.3, 0.4) is 0 Å². The van der Waals surface area contributed by atoms with Crippen LogP contribution in [-0.2, 0) is 6.42 Å². The smallest absolute Gasteiger partial charge is 0.0260 e.